The quantitative estimate of drug-likeness (QED) is 0.721. The number of benzene rings is 1. The largest absolute Gasteiger partial charge is 0.480 e. The van der Waals surface area contributed by atoms with Crippen molar-refractivity contribution in [1.82, 2.24) is 10.2 Å². The average molecular weight is 277 g/mol. The molecule has 0 bridgehead atoms. The minimum atomic E-state index is -0.967. The van der Waals surface area contributed by atoms with Gasteiger partial charge in [0.25, 0.3) is 0 Å². The first-order chi connectivity index (χ1) is 9.58. The van der Waals surface area contributed by atoms with Gasteiger partial charge in [0, 0.05) is 18.8 Å². The van der Waals surface area contributed by atoms with Crippen molar-refractivity contribution < 1.29 is 19.5 Å². The van der Waals surface area contributed by atoms with E-state index in [9.17, 15) is 14.4 Å². The van der Waals surface area contributed by atoms with Crippen molar-refractivity contribution in [3.8, 4) is 0 Å². The monoisotopic (exact) mass is 277 g/mol. The number of aliphatic carboxylic acids is 1. The first-order valence-corrected chi connectivity index (χ1v) is 6.18. The highest BCUT2D eigenvalue weighted by molar-refractivity contribution is 6.01. The zero-order valence-corrected chi connectivity index (χ0v) is 10.8. The lowest BCUT2D eigenvalue weighted by molar-refractivity contribution is -0.135. The highest BCUT2D eigenvalue weighted by atomic mass is 16.4. The Labute approximate surface area is 115 Å². The maximum atomic E-state index is 11.5. The van der Waals surface area contributed by atoms with E-state index in [1.807, 2.05) is 6.07 Å². The molecule has 1 aliphatic heterocycles. The van der Waals surface area contributed by atoms with Gasteiger partial charge in [-0.1, -0.05) is 18.2 Å². The molecule has 1 saturated heterocycles. The smallest absolute Gasteiger partial charge is 0.324 e. The molecule has 0 aliphatic carbocycles. The van der Waals surface area contributed by atoms with Crippen LogP contribution in [0.1, 0.15) is 0 Å². The number of hydrogen-bond donors (Lipinski definition) is 2. The van der Waals surface area contributed by atoms with E-state index in [0.717, 1.165) is 10.6 Å². The standard InChI is InChI=1S/C13H15N3O4/c17-11-8-14-13(20)16(11)7-6-15(9-12(18)19)10-4-2-1-3-5-10/h1-5H,6-9H2,(H,14,20)(H,18,19). The third-order valence-corrected chi connectivity index (χ3v) is 2.98. The molecule has 7 heteroatoms. The van der Waals surface area contributed by atoms with E-state index in [0.29, 0.717) is 0 Å². The fourth-order valence-electron chi connectivity index (χ4n) is 2.00. The second kappa shape index (κ2) is 6.05. The highest BCUT2D eigenvalue weighted by Crippen LogP contribution is 2.13. The Morgan fingerprint density at radius 1 is 1.30 bits per heavy atom. The molecule has 1 aliphatic rings. The number of carbonyl (C=O) groups is 3. The molecule has 1 aromatic rings. The summed E-state index contributed by atoms with van der Waals surface area (Å²) in [6, 6.07) is 8.58. The summed E-state index contributed by atoms with van der Waals surface area (Å²) in [5.74, 6) is -1.26. The first kappa shape index (κ1) is 13.9. The molecular formula is C13H15N3O4. The van der Waals surface area contributed by atoms with Crippen LogP contribution < -0.4 is 10.2 Å². The number of carboxylic acid groups (broad SMARTS) is 1. The highest BCUT2D eigenvalue weighted by Gasteiger charge is 2.28. The number of amides is 3. The number of nitrogens with one attached hydrogen (secondary N) is 1. The molecule has 106 valence electrons. The van der Waals surface area contributed by atoms with Crippen LogP contribution in [-0.2, 0) is 9.59 Å². The van der Waals surface area contributed by atoms with Crippen LogP contribution >= 0.6 is 0 Å². The van der Waals surface area contributed by atoms with Crippen LogP contribution in [0.2, 0.25) is 0 Å². The Morgan fingerprint density at radius 3 is 2.55 bits per heavy atom. The number of hydrogen-bond acceptors (Lipinski definition) is 4. The van der Waals surface area contributed by atoms with Crippen molar-refractivity contribution in [3.05, 3.63) is 30.3 Å². The third kappa shape index (κ3) is 3.25. The predicted molar refractivity (Wildman–Crippen MR) is 71.4 cm³/mol. The number of rotatable bonds is 6. The summed E-state index contributed by atoms with van der Waals surface area (Å²) in [7, 11) is 0. The molecular weight excluding hydrogens is 262 g/mol. The van der Waals surface area contributed by atoms with Crippen LogP contribution in [0, 0.1) is 0 Å². The summed E-state index contributed by atoms with van der Waals surface area (Å²) in [6.45, 7) is 0.249. The third-order valence-electron chi connectivity index (χ3n) is 2.98. The maximum absolute atomic E-state index is 11.5. The molecule has 0 radical (unpaired) electrons. The van der Waals surface area contributed by atoms with Crippen molar-refractivity contribution in [2.24, 2.45) is 0 Å². The summed E-state index contributed by atoms with van der Waals surface area (Å²) in [5, 5.41) is 11.4. The van der Waals surface area contributed by atoms with E-state index in [-0.39, 0.29) is 32.1 Å². The van der Waals surface area contributed by atoms with E-state index < -0.39 is 12.0 Å². The van der Waals surface area contributed by atoms with Crippen LogP contribution in [0.15, 0.2) is 30.3 Å². The number of urea groups is 1. The number of para-hydroxylation sites is 1. The normalized spacial score (nSPS) is 14.3. The van der Waals surface area contributed by atoms with Gasteiger partial charge < -0.3 is 15.3 Å². The van der Waals surface area contributed by atoms with Gasteiger partial charge in [0.1, 0.15) is 6.54 Å². The molecule has 0 saturated carbocycles. The molecule has 7 nitrogen and oxygen atoms in total. The number of anilines is 1. The Morgan fingerprint density at radius 2 is 2.00 bits per heavy atom. The maximum Gasteiger partial charge on any atom is 0.324 e. The van der Waals surface area contributed by atoms with Gasteiger partial charge in [0.15, 0.2) is 0 Å². The Hall–Kier alpha value is -2.57. The van der Waals surface area contributed by atoms with Gasteiger partial charge in [-0.3, -0.25) is 14.5 Å². The lowest BCUT2D eigenvalue weighted by atomic mass is 10.3. The fraction of sp³-hybridized carbons (Fsp3) is 0.308. The molecule has 0 atom stereocenters. The zero-order valence-electron chi connectivity index (χ0n) is 10.8. The molecule has 1 heterocycles. The van der Waals surface area contributed by atoms with Crippen molar-refractivity contribution in [2.75, 3.05) is 31.1 Å². The van der Waals surface area contributed by atoms with Crippen LogP contribution in [-0.4, -0.2) is 54.1 Å². The Bertz CT molecular complexity index is 502. The van der Waals surface area contributed by atoms with Gasteiger partial charge in [-0.15, -0.1) is 0 Å². The van der Waals surface area contributed by atoms with Gasteiger partial charge in [-0.2, -0.15) is 0 Å². The fourth-order valence-corrected chi connectivity index (χ4v) is 2.00. The number of carboxylic acids is 1. The predicted octanol–water partition coefficient (Wildman–Crippen LogP) is 0.129. The van der Waals surface area contributed by atoms with E-state index in [4.69, 9.17) is 5.11 Å². The van der Waals surface area contributed by atoms with Crippen LogP contribution in [0.3, 0.4) is 0 Å². The number of imide groups is 1. The molecule has 20 heavy (non-hydrogen) atoms. The minimum Gasteiger partial charge on any atom is -0.480 e. The molecule has 1 aromatic carbocycles. The van der Waals surface area contributed by atoms with Crippen molar-refractivity contribution in [2.45, 2.75) is 0 Å². The van der Waals surface area contributed by atoms with Crippen molar-refractivity contribution in [1.29, 1.82) is 0 Å². The van der Waals surface area contributed by atoms with Crippen LogP contribution in [0.4, 0.5) is 10.5 Å². The van der Waals surface area contributed by atoms with Gasteiger partial charge in [-0.05, 0) is 12.1 Å². The van der Waals surface area contributed by atoms with Gasteiger partial charge in [0.2, 0.25) is 5.91 Å². The van der Waals surface area contributed by atoms with Gasteiger partial charge >= 0.3 is 12.0 Å². The molecule has 0 spiro atoms. The lowest BCUT2D eigenvalue weighted by Crippen LogP contribution is -2.40. The number of carbonyl (C=O) groups excluding carboxylic acids is 2. The van der Waals surface area contributed by atoms with E-state index in [1.54, 1.807) is 29.2 Å². The van der Waals surface area contributed by atoms with Crippen LogP contribution in [0.25, 0.3) is 0 Å². The molecule has 1 fully saturated rings. The molecule has 2 rings (SSSR count). The molecule has 2 N–H and O–H groups in total. The molecule has 0 aromatic heterocycles. The molecule has 0 unspecified atom stereocenters. The van der Waals surface area contributed by atoms with Crippen LogP contribution in [0.5, 0.6) is 0 Å². The summed E-state index contributed by atoms with van der Waals surface area (Å²) >= 11 is 0. The Kier molecular flexibility index (Phi) is 4.19. The minimum absolute atomic E-state index is 0.00308. The number of nitrogens with zero attached hydrogens (tertiary/aromatic N) is 2. The van der Waals surface area contributed by atoms with Gasteiger partial charge in [0.05, 0.1) is 6.54 Å². The van der Waals surface area contributed by atoms with E-state index in [1.165, 1.54) is 0 Å². The zero-order chi connectivity index (χ0) is 14.5. The first-order valence-electron chi connectivity index (χ1n) is 6.18. The SMILES string of the molecule is O=C(O)CN(CCN1C(=O)CNC1=O)c1ccccc1. The summed E-state index contributed by atoms with van der Waals surface area (Å²) < 4.78 is 0. The summed E-state index contributed by atoms with van der Waals surface area (Å²) in [5.41, 5.74) is 0.738. The summed E-state index contributed by atoms with van der Waals surface area (Å²) in [6.07, 6.45) is 0. The second-order valence-electron chi connectivity index (χ2n) is 4.35. The molecule has 3 amide bonds. The van der Waals surface area contributed by atoms with E-state index >= 15 is 0 Å². The van der Waals surface area contributed by atoms with Crippen molar-refractivity contribution in [3.63, 3.8) is 0 Å². The van der Waals surface area contributed by atoms with Gasteiger partial charge in [-0.25, -0.2) is 4.79 Å². The summed E-state index contributed by atoms with van der Waals surface area (Å²) in [4.78, 5) is 36.5. The van der Waals surface area contributed by atoms with E-state index in [2.05, 4.69) is 5.32 Å². The Balaban J connectivity index is 2.03. The lowest BCUT2D eigenvalue weighted by Gasteiger charge is -2.24. The van der Waals surface area contributed by atoms with Crippen molar-refractivity contribution >= 4 is 23.6 Å². The topological polar surface area (TPSA) is 89.9 Å². The second-order valence-corrected chi connectivity index (χ2v) is 4.35. The average Bonchev–Trinajstić information content (AvgIpc) is 2.75.